The number of carbonyl (C=O) groups excluding carboxylic acids is 2. The number of benzene rings is 2. The van der Waals surface area contributed by atoms with E-state index in [4.69, 9.17) is 23.2 Å². The Hall–Kier alpha value is -2.29. The zero-order valence-electron chi connectivity index (χ0n) is 21.3. The summed E-state index contributed by atoms with van der Waals surface area (Å²) >= 11 is 12.3. The second-order valence-electron chi connectivity index (χ2n) is 9.55. The summed E-state index contributed by atoms with van der Waals surface area (Å²) in [6.45, 7) is 2.03. The van der Waals surface area contributed by atoms with Crippen molar-refractivity contribution >= 4 is 50.7 Å². The molecule has 1 saturated carbocycles. The lowest BCUT2D eigenvalue weighted by Gasteiger charge is -2.31. The van der Waals surface area contributed by atoms with E-state index in [2.05, 4.69) is 5.32 Å². The van der Waals surface area contributed by atoms with E-state index in [9.17, 15) is 18.0 Å². The van der Waals surface area contributed by atoms with E-state index < -0.39 is 16.1 Å². The van der Waals surface area contributed by atoms with Crippen LogP contribution in [0, 0.1) is 0 Å². The van der Waals surface area contributed by atoms with E-state index in [1.807, 2.05) is 18.2 Å². The second kappa shape index (κ2) is 13.5. The van der Waals surface area contributed by atoms with Gasteiger partial charge in [-0.15, -0.1) is 0 Å². The average molecular weight is 569 g/mol. The fraction of sp³-hybridized carbons (Fsp3) is 0.481. The summed E-state index contributed by atoms with van der Waals surface area (Å²) < 4.78 is 26.1. The molecule has 0 spiro atoms. The van der Waals surface area contributed by atoms with Crippen LogP contribution in [-0.4, -0.2) is 50.0 Å². The van der Waals surface area contributed by atoms with Gasteiger partial charge >= 0.3 is 0 Å². The lowest BCUT2D eigenvalue weighted by atomic mass is 9.95. The molecule has 1 aliphatic carbocycles. The summed E-state index contributed by atoms with van der Waals surface area (Å²) in [5, 5.41) is 4.13. The molecule has 10 heteroatoms. The Morgan fingerprint density at radius 2 is 1.68 bits per heavy atom. The second-order valence-corrected chi connectivity index (χ2v) is 12.3. The molecule has 1 atom stereocenters. The van der Waals surface area contributed by atoms with Gasteiger partial charge in [-0.3, -0.25) is 13.9 Å². The smallest absolute Gasteiger partial charge is 0.242 e. The summed E-state index contributed by atoms with van der Waals surface area (Å²) in [6.07, 6.45) is 6.74. The molecule has 1 fully saturated rings. The molecule has 1 aliphatic rings. The number of rotatable bonds is 11. The molecule has 7 nitrogen and oxygen atoms in total. The predicted molar refractivity (Wildman–Crippen MR) is 149 cm³/mol. The number of halogens is 2. The maximum Gasteiger partial charge on any atom is 0.242 e. The van der Waals surface area contributed by atoms with Crippen molar-refractivity contribution in [3.05, 3.63) is 64.1 Å². The molecule has 2 aromatic rings. The molecule has 2 aromatic carbocycles. The standard InChI is InChI=1S/C27H35Cl2N3O4S/c1-20(27(34)30-23-10-4-3-5-11-23)31(19-21-9-6-7-12-25(21)29)26(33)13-8-18-32(37(2,35)36)24-16-14-22(28)15-17-24/h6-7,9,12,14-17,20,23H,3-5,8,10-11,13,18-19H2,1-2H3,(H,30,34)/t20-/m1/s1. The number of anilines is 1. The van der Waals surface area contributed by atoms with Crippen molar-refractivity contribution in [3.63, 3.8) is 0 Å². The Balaban J connectivity index is 1.72. The number of sulfonamides is 1. The van der Waals surface area contributed by atoms with Crippen molar-refractivity contribution in [2.24, 2.45) is 0 Å². The fourth-order valence-electron chi connectivity index (χ4n) is 4.57. The molecule has 3 rings (SSSR count). The summed E-state index contributed by atoms with van der Waals surface area (Å²) in [4.78, 5) is 28.1. The Labute approximate surface area is 230 Å². The molecule has 0 unspecified atom stereocenters. The zero-order valence-corrected chi connectivity index (χ0v) is 23.7. The minimum Gasteiger partial charge on any atom is -0.352 e. The molecule has 0 heterocycles. The van der Waals surface area contributed by atoms with Crippen molar-refractivity contribution in [2.45, 2.75) is 70.5 Å². The van der Waals surface area contributed by atoms with Gasteiger partial charge in [0, 0.05) is 35.6 Å². The first-order valence-electron chi connectivity index (χ1n) is 12.6. The summed E-state index contributed by atoms with van der Waals surface area (Å²) in [7, 11) is -3.57. The lowest BCUT2D eigenvalue weighted by molar-refractivity contribution is -0.141. The van der Waals surface area contributed by atoms with E-state index in [1.54, 1.807) is 37.3 Å². The Kier molecular flexibility index (Phi) is 10.7. The predicted octanol–water partition coefficient (Wildman–Crippen LogP) is 5.41. The van der Waals surface area contributed by atoms with Gasteiger partial charge in [0.1, 0.15) is 6.04 Å². The normalized spacial score (nSPS) is 15.1. The average Bonchev–Trinajstić information content (AvgIpc) is 2.86. The highest BCUT2D eigenvalue weighted by molar-refractivity contribution is 7.92. The Morgan fingerprint density at radius 3 is 2.30 bits per heavy atom. The summed E-state index contributed by atoms with van der Waals surface area (Å²) in [5.74, 6) is -0.429. The van der Waals surface area contributed by atoms with Gasteiger partial charge in [-0.05, 0) is 62.1 Å². The summed E-state index contributed by atoms with van der Waals surface area (Å²) in [5.41, 5.74) is 1.22. The summed E-state index contributed by atoms with van der Waals surface area (Å²) in [6, 6.07) is 13.2. The first-order chi connectivity index (χ1) is 17.6. The van der Waals surface area contributed by atoms with E-state index in [0.29, 0.717) is 15.7 Å². The van der Waals surface area contributed by atoms with Crippen LogP contribution in [0.1, 0.15) is 57.4 Å². The van der Waals surface area contributed by atoms with Crippen LogP contribution in [0.4, 0.5) is 5.69 Å². The van der Waals surface area contributed by atoms with Crippen molar-refractivity contribution < 1.29 is 18.0 Å². The van der Waals surface area contributed by atoms with Gasteiger partial charge < -0.3 is 10.2 Å². The number of hydrogen-bond acceptors (Lipinski definition) is 4. The van der Waals surface area contributed by atoms with Crippen LogP contribution in [0.5, 0.6) is 0 Å². The number of carbonyl (C=O) groups is 2. The van der Waals surface area contributed by atoms with Crippen LogP contribution in [0.3, 0.4) is 0 Å². The van der Waals surface area contributed by atoms with E-state index >= 15 is 0 Å². The van der Waals surface area contributed by atoms with Crippen molar-refractivity contribution in [1.29, 1.82) is 0 Å². The van der Waals surface area contributed by atoms with Crippen molar-refractivity contribution in [3.8, 4) is 0 Å². The van der Waals surface area contributed by atoms with Crippen LogP contribution in [-0.2, 0) is 26.2 Å². The Morgan fingerprint density at radius 1 is 1.03 bits per heavy atom. The van der Waals surface area contributed by atoms with Gasteiger partial charge in [-0.2, -0.15) is 0 Å². The maximum atomic E-state index is 13.4. The first kappa shape index (κ1) is 29.3. The SMILES string of the molecule is C[C@H](C(=O)NC1CCCCC1)N(Cc1ccccc1Cl)C(=O)CCCN(c1ccc(Cl)cc1)S(C)(=O)=O. The molecule has 0 bridgehead atoms. The third kappa shape index (κ3) is 8.62. The minimum atomic E-state index is -3.57. The van der Waals surface area contributed by atoms with Gasteiger partial charge in [-0.25, -0.2) is 8.42 Å². The van der Waals surface area contributed by atoms with E-state index in [1.165, 1.54) is 15.6 Å². The zero-order chi connectivity index (χ0) is 27.0. The van der Waals surface area contributed by atoms with Gasteiger partial charge in [-0.1, -0.05) is 60.7 Å². The molecule has 2 amide bonds. The van der Waals surface area contributed by atoms with E-state index in [0.717, 1.165) is 37.5 Å². The molecule has 0 aliphatic heterocycles. The molecule has 1 N–H and O–H groups in total. The van der Waals surface area contributed by atoms with Crippen molar-refractivity contribution in [2.75, 3.05) is 17.1 Å². The molecule has 202 valence electrons. The molecular weight excluding hydrogens is 533 g/mol. The number of amides is 2. The lowest BCUT2D eigenvalue weighted by Crippen LogP contribution is -2.50. The minimum absolute atomic E-state index is 0.0745. The number of hydrogen-bond donors (Lipinski definition) is 1. The third-order valence-electron chi connectivity index (χ3n) is 6.68. The quantitative estimate of drug-likeness (QED) is 0.393. The number of nitrogens with zero attached hydrogens (tertiary/aromatic N) is 2. The van der Waals surface area contributed by atoms with Crippen LogP contribution >= 0.6 is 23.2 Å². The van der Waals surface area contributed by atoms with Crippen LogP contribution in [0.25, 0.3) is 0 Å². The van der Waals surface area contributed by atoms with Gasteiger partial charge in [0.2, 0.25) is 21.8 Å². The van der Waals surface area contributed by atoms with Crippen LogP contribution in [0.2, 0.25) is 10.0 Å². The Bertz CT molecular complexity index is 1170. The van der Waals surface area contributed by atoms with Gasteiger partial charge in [0.15, 0.2) is 0 Å². The molecule has 37 heavy (non-hydrogen) atoms. The van der Waals surface area contributed by atoms with Crippen LogP contribution in [0.15, 0.2) is 48.5 Å². The highest BCUT2D eigenvalue weighted by Gasteiger charge is 2.29. The fourth-order valence-corrected chi connectivity index (χ4v) is 5.86. The first-order valence-corrected chi connectivity index (χ1v) is 15.2. The topological polar surface area (TPSA) is 86.8 Å². The molecule has 0 radical (unpaired) electrons. The highest BCUT2D eigenvalue weighted by atomic mass is 35.5. The van der Waals surface area contributed by atoms with Crippen LogP contribution < -0.4 is 9.62 Å². The largest absolute Gasteiger partial charge is 0.352 e. The molecule has 0 aromatic heterocycles. The third-order valence-corrected chi connectivity index (χ3v) is 8.50. The molecular formula is C27H35Cl2N3O4S. The van der Waals surface area contributed by atoms with Crippen molar-refractivity contribution in [1.82, 2.24) is 10.2 Å². The van der Waals surface area contributed by atoms with E-state index in [-0.39, 0.29) is 43.8 Å². The number of nitrogens with one attached hydrogen (secondary N) is 1. The highest BCUT2D eigenvalue weighted by Crippen LogP contribution is 2.23. The molecule has 0 saturated heterocycles. The van der Waals surface area contributed by atoms with Gasteiger partial charge in [0.05, 0.1) is 11.9 Å². The van der Waals surface area contributed by atoms with Gasteiger partial charge in [0.25, 0.3) is 0 Å². The maximum absolute atomic E-state index is 13.4. The monoisotopic (exact) mass is 567 g/mol.